The number of methoxy groups -OCH3 is 1. The van der Waals surface area contributed by atoms with Gasteiger partial charge in [-0.25, -0.2) is 4.79 Å². The van der Waals surface area contributed by atoms with Gasteiger partial charge in [0.15, 0.2) is 0 Å². The number of benzene rings is 2. The molecule has 7 heteroatoms. The Morgan fingerprint density at radius 1 is 1.00 bits per heavy atom. The molecule has 166 valence electrons. The maximum atomic E-state index is 12.9. The van der Waals surface area contributed by atoms with E-state index in [0.29, 0.717) is 25.2 Å². The van der Waals surface area contributed by atoms with Crippen LogP contribution >= 0.6 is 0 Å². The minimum Gasteiger partial charge on any atom is -0.497 e. The lowest BCUT2D eigenvalue weighted by Gasteiger charge is -2.36. The summed E-state index contributed by atoms with van der Waals surface area (Å²) in [5, 5.41) is 2.73. The molecule has 1 saturated heterocycles. The summed E-state index contributed by atoms with van der Waals surface area (Å²) in [5.41, 5.74) is 2.13. The van der Waals surface area contributed by atoms with Crippen LogP contribution in [0.4, 0.5) is 10.5 Å². The van der Waals surface area contributed by atoms with Crippen molar-refractivity contribution in [2.75, 3.05) is 38.2 Å². The first-order valence-electron chi connectivity index (χ1n) is 10.5. The number of nitrogens with zero attached hydrogens (tertiary/aromatic N) is 2. The number of hydrogen-bond acceptors (Lipinski definition) is 5. The van der Waals surface area contributed by atoms with Gasteiger partial charge in [0.05, 0.1) is 7.11 Å². The number of ether oxygens (including phenoxy) is 2. The molecule has 0 radical (unpaired) electrons. The van der Waals surface area contributed by atoms with E-state index in [2.05, 4.69) is 16.3 Å². The first-order chi connectivity index (χ1) is 14.7. The molecular weight excluding hydrogens is 394 g/mol. The molecule has 31 heavy (non-hydrogen) atoms. The van der Waals surface area contributed by atoms with Crippen molar-refractivity contribution >= 4 is 17.7 Å². The Kier molecular flexibility index (Phi) is 7.05. The normalized spacial score (nSPS) is 14.2. The zero-order valence-corrected chi connectivity index (χ0v) is 18.7. The van der Waals surface area contributed by atoms with Gasteiger partial charge in [0, 0.05) is 50.0 Å². The highest BCUT2D eigenvalue weighted by Gasteiger charge is 2.22. The number of anilines is 1. The summed E-state index contributed by atoms with van der Waals surface area (Å²) in [6.45, 7) is 8.70. The third-order valence-corrected chi connectivity index (χ3v) is 5.02. The molecule has 1 aliphatic heterocycles. The summed E-state index contributed by atoms with van der Waals surface area (Å²) in [4.78, 5) is 28.8. The monoisotopic (exact) mass is 425 g/mol. The van der Waals surface area contributed by atoms with Gasteiger partial charge in [-0.05, 0) is 50.6 Å². The van der Waals surface area contributed by atoms with Gasteiger partial charge < -0.3 is 24.6 Å². The summed E-state index contributed by atoms with van der Waals surface area (Å²) < 4.78 is 10.5. The topological polar surface area (TPSA) is 71.1 Å². The maximum Gasteiger partial charge on any atom is 0.407 e. The van der Waals surface area contributed by atoms with Crippen LogP contribution in [0.3, 0.4) is 0 Å². The quantitative estimate of drug-likeness (QED) is 0.791. The average Bonchev–Trinajstić information content (AvgIpc) is 2.76. The summed E-state index contributed by atoms with van der Waals surface area (Å²) in [6, 6.07) is 15.3. The lowest BCUT2D eigenvalue weighted by atomic mass is 10.1. The molecule has 1 fully saturated rings. The minimum absolute atomic E-state index is 0.0249. The molecular formula is C24H31N3O4. The van der Waals surface area contributed by atoms with Crippen LogP contribution in [0.1, 0.15) is 36.7 Å². The SMILES string of the molecule is COc1cccc(N2CCN(C(=O)c3ccc(CNC(=O)OC(C)(C)C)cc3)CC2)c1. The van der Waals surface area contributed by atoms with Crippen LogP contribution in [0.2, 0.25) is 0 Å². The van der Waals surface area contributed by atoms with Crippen molar-refractivity contribution in [3.05, 3.63) is 59.7 Å². The average molecular weight is 426 g/mol. The molecule has 7 nitrogen and oxygen atoms in total. The minimum atomic E-state index is -0.531. The zero-order valence-electron chi connectivity index (χ0n) is 18.7. The highest BCUT2D eigenvalue weighted by molar-refractivity contribution is 5.94. The van der Waals surface area contributed by atoms with Gasteiger partial charge in [0.25, 0.3) is 5.91 Å². The van der Waals surface area contributed by atoms with Gasteiger partial charge in [-0.1, -0.05) is 18.2 Å². The third kappa shape index (κ3) is 6.38. The number of hydrogen-bond donors (Lipinski definition) is 1. The molecule has 0 saturated carbocycles. The highest BCUT2D eigenvalue weighted by Crippen LogP contribution is 2.22. The molecule has 0 unspecified atom stereocenters. The van der Waals surface area contributed by atoms with Gasteiger partial charge in [-0.3, -0.25) is 4.79 Å². The van der Waals surface area contributed by atoms with Crippen LogP contribution in [-0.2, 0) is 11.3 Å². The summed E-state index contributed by atoms with van der Waals surface area (Å²) in [5.74, 6) is 0.856. The van der Waals surface area contributed by atoms with Crippen LogP contribution in [0, 0.1) is 0 Å². The standard InChI is InChI=1S/C24H31N3O4/c1-24(2,3)31-23(29)25-17-18-8-10-19(11-9-18)22(28)27-14-12-26(13-15-27)20-6-5-7-21(16-20)30-4/h5-11,16H,12-15,17H2,1-4H3,(H,25,29). The second-order valence-electron chi connectivity index (χ2n) is 8.53. The molecule has 0 aliphatic carbocycles. The Bertz CT molecular complexity index is 898. The number of alkyl carbamates (subject to hydrolysis) is 1. The zero-order chi connectivity index (χ0) is 22.4. The maximum absolute atomic E-state index is 12.9. The van der Waals surface area contributed by atoms with Crippen LogP contribution in [0.25, 0.3) is 0 Å². The molecule has 0 atom stereocenters. The smallest absolute Gasteiger partial charge is 0.407 e. The van der Waals surface area contributed by atoms with Crippen molar-refractivity contribution in [2.45, 2.75) is 32.9 Å². The largest absolute Gasteiger partial charge is 0.497 e. The van der Waals surface area contributed by atoms with E-state index in [4.69, 9.17) is 9.47 Å². The Morgan fingerprint density at radius 2 is 1.68 bits per heavy atom. The van der Waals surface area contributed by atoms with E-state index in [9.17, 15) is 9.59 Å². The molecule has 1 heterocycles. The lowest BCUT2D eigenvalue weighted by molar-refractivity contribution is 0.0523. The van der Waals surface area contributed by atoms with E-state index in [1.165, 1.54) is 0 Å². The first kappa shape index (κ1) is 22.5. The first-order valence-corrected chi connectivity index (χ1v) is 10.5. The Hall–Kier alpha value is -3.22. The summed E-state index contributed by atoms with van der Waals surface area (Å²) in [6.07, 6.45) is -0.457. The number of amides is 2. The molecule has 2 aromatic carbocycles. The molecule has 0 spiro atoms. The molecule has 2 amide bonds. The van der Waals surface area contributed by atoms with E-state index in [1.807, 2.05) is 68.1 Å². The van der Waals surface area contributed by atoms with Crippen molar-refractivity contribution in [3.63, 3.8) is 0 Å². The predicted octanol–water partition coefficient (Wildman–Crippen LogP) is 3.68. The van der Waals surface area contributed by atoms with Crippen LogP contribution in [-0.4, -0.2) is 55.8 Å². The molecule has 0 aromatic heterocycles. The molecule has 0 bridgehead atoms. The molecule has 3 rings (SSSR count). The Labute approximate surface area is 183 Å². The fraction of sp³-hybridized carbons (Fsp3) is 0.417. The molecule has 2 aromatic rings. The van der Waals surface area contributed by atoms with Crippen molar-refractivity contribution in [1.29, 1.82) is 0 Å². The van der Waals surface area contributed by atoms with Gasteiger partial charge in [-0.2, -0.15) is 0 Å². The van der Waals surface area contributed by atoms with Gasteiger partial charge in [0.2, 0.25) is 0 Å². The fourth-order valence-electron chi connectivity index (χ4n) is 3.41. The van der Waals surface area contributed by atoms with E-state index >= 15 is 0 Å². The number of carbonyl (C=O) groups is 2. The van der Waals surface area contributed by atoms with Crippen molar-refractivity contribution < 1.29 is 19.1 Å². The molecule has 1 N–H and O–H groups in total. The van der Waals surface area contributed by atoms with Gasteiger partial charge in [-0.15, -0.1) is 0 Å². The van der Waals surface area contributed by atoms with Crippen molar-refractivity contribution in [3.8, 4) is 5.75 Å². The number of nitrogens with one attached hydrogen (secondary N) is 1. The Morgan fingerprint density at radius 3 is 2.29 bits per heavy atom. The fourth-order valence-corrected chi connectivity index (χ4v) is 3.41. The van der Waals surface area contributed by atoms with Crippen molar-refractivity contribution in [2.24, 2.45) is 0 Å². The predicted molar refractivity (Wildman–Crippen MR) is 121 cm³/mol. The van der Waals surface area contributed by atoms with Crippen molar-refractivity contribution in [1.82, 2.24) is 10.2 Å². The van der Waals surface area contributed by atoms with E-state index in [-0.39, 0.29) is 5.91 Å². The number of rotatable bonds is 5. The third-order valence-electron chi connectivity index (χ3n) is 5.02. The summed E-state index contributed by atoms with van der Waals surface area (Å²) in [7, 11) is 1.66. The van der Waals surface area contributed by atoms with Crippen LogP contribution in [0.5, 0.6) is 5.75 Å². The van der Waals surface area contributed by atoms with E-state index < -0.39 is 11.7 Å². The summed E-state index contributed by atoms with van der Waals surface area (Å²) >= 11 is 0. The highest BCUT2D eigenvalue weighted by atomic mass is 16.6. The van der Waals surface area contributed by atoms with Gasteiger partial charge >= 0.3 is 6.09 Å². The van der Waals surface area contributed by atoms with E-state index in [0.717, 1.165) is 30.1 Å². The second-order valence-corrected chi connectivity index (χ2v) is 8.53. The van der Waals surface area contributed by atoms with Crippen LogP contribution in [0.15, 0.2) is 48.5 Å². The Balaban J connectivity index is 1.51. The number of carbonyl (C=O) groups excluding carboxylic acids is 2. The second kappa shape index (κ2) is 9.73. The van der Waals surface area contributed by atoms with Crippen LogP contribution < -0.4 is 15.0 Å². The molecule has 1 aliphatic rings. The number of piperazine rings is 1. The lowest BCUT2D eigenvalue weighted by Crippen LogP contribution is -2.48. The van der Waals surface area contributed by atoms with E-state index in [1.54, 1.807) is 7.11 Å². The van der Waals surface area contributed by atoms with Gasteiger partial charge in [0.1, 0.15) is 11.4 Å².